The van der Waals surface area contributed by atoms with E-state index < -0.39 is 31.3 Å². The summed E-state index contributed by atoms with van der Waals surface area (Å²) in [6.45, 7) is 4.79. The highest BCUT2D eigenvalue weighted by Gasteiger charge is 2.43. The van der Waals surface area contributed by atoms with Gasteiger partial charge in [-0.15, -0.1) is 13.2 Å². The number of halogens is 3. The first-order valence-corrected chi connectivity index (χ1v) is 9.19. The van der Waals surface area contributed by atoms with Crippen LogP contribution in [-0.2, 0) is 23.1 Å². The molecule has 1 aromatic carbocycles. The third-order valence-electron chi connectivity index (χ3n) is 2.87. The van der Waals surface area contributed by atoms with Gasteiger partial charge in [-0.25, -0.2) is 0 Å². The minimum absolute atomic E-state index is 0.0163. The van der Waals surface area contributed by atoms with Crippen LogP contribution in [0, 0.1) is 0 Å². The second kappa shape index (κ2) is 9.22. The van der Waals surface area contributed by atoms with E-state index in [4.69, 9.17) is 13.8 Å². The molecule has 0 radical (unpaired) electrons. The van der Waals surface area contributed by atoms with Crippen LogP contribution in [0.5, 0.6) is 5.75 Å². The Hall–Kier alpha value is -1.57. The lowest BCUT2D eigenvalue weighted by Crippen LogP contribution is -2.19. The highest BCUT2D eigenvalue weighted by molar-refractivity contribution is 7.55. The van der Waals surface area contributed by atoms with E-state index in [1.165, 1.54) is 12.1 Å². The zero-order chi connectivity index (χ0) is 19.1. The van der Waals surface area contributed by atoms with Crippen molar-refractivity contribution in [1.82, 2.24) is 0 Å². The van der Waals surface area contributed by atoms with E-state index in [1.54, 1.807) is 20.8 Å². The number of rotatable bonds is 9. The summed E-state index contributed by atoms with van der Waals surface area (Å²) < 4.78 is 68.8. The molecule has 0 spiro atoms. The molecule has 0 saturated carbocycles. The number of hydrogen-bond donors (Lipinski definition) is 0. The van der Waals surface area contributed by atoms with Crippen molar-refractivity contribution in [2.24, 2.45) is 0 Å². The molecule has 0 bridgehead atoms. The largest absolute Gasteiger partial charge is 0.573 e. The van der Waals surface area contributed by atoms with Gasteiger partial charge >= 0.3 is 19.9 Å². The van der Waals surface area contributed by atoms with Crippen LogP contribution in [0.15, 0.2) is 24.3 Å². The van der Waals surface area contributed by atoms with Crippen molar-refractivity contribution in [2.45, 2.75) is 32.8 Å². The lowest BCUT2D eigenvalue weighted by Gasteiger charge is -2.25. The maximum Gasteiger partial charge on any atom is 0.573 e. The van der Waals surface area contributed by atoms with E-state index in [1.807, 2.05) is 0 Å². The molecule has 10 heteroatoms. The van der Waals surface area contributed by atoms with Gasteiger partial charge in [-0.1, -0.05) is 12.1 Å². The molecule has 0 N–H and O–H groups in total. The summed E-state index contributed by atoms with van der Waals surface area (Å²) in [4.78, 5) is 12.3. The molecule has 0 fully saturated rings. The van der Waals surface area contributed by atoms with Gasteiger partial charge < -0.3 is 18.5 Å². The smallest absolute Gasteiger partial charge is 0.465 e. The maximum atomic E-state index is 13.0. The predicted molar refractivity (Wildman–Crippen MR) is 83.4 cm³/mol. The number of carbonyl (C=O) groups is 1. The molecule has 0 heterocycles. The van der Waals surface area contributed by atoms with Crippen molar-refractivity contribution in [1.29, 1.82) is 0 Å². The van der Waals surface area contributed by atoms with E-state index in [2.05, 4.69) is 4.74 Å². The molecule has 1 atom stereocenters. The SMILES string of the molecule is CCOC(=O)[C@@H](c1ccc(OC(F)(F)F)cc1)P(=O)(OCC)OCC. The minimum atomic E-state index is -4.84. The molecule has 0 saturated heterocycles. The fourth-order valence-electron chi connectivity index (χ4n) is 2.07. The van der Waals surface area contributed by atoms with Gasteiger partial charge in [0.25, 0.3) is 0 Å². The van der Waals surface area contributed by atoms with Gasteiger partial charge in [0.15, 0.2) is 5.66 Å². The molecule has 0 amide bonds. The van der Waals surface area contributed by atoms with E-state index in [9.17, 15) is 22.5 Å². The van der Waals surface area contributed by atoms with Crippen LogP contribution in [0.25, 0.3) is 0 Å². The van der Waals surface area contributed by atoms with Crippen LogP contribution in [0.3, 0.4) is 0 Å². The average Bonchev–Trinajstić information content (AvgIpc) is 2.48. The monoisotopic (exact) mass is 384 g/mol. The van der Waals surface area contributed by atoms with Gasteiger partial charge in [0.05, 0.1) is 19.8 Å². The Morgan fingerprint density at radius 3 is 1.96 bits per heavy atom. The molecule has 1 aromatic rings. The lowest BCUT2D eigenvalue weighted by molar-refractivity contribution is -0.274. The van der Waals surface area contributed by atoms with Crippen molar-refractivity contribution < 1.29 is 41.1 Å². The number of ether oxygens (including phenoxy) is 2. The highest BCUT2D eigenvalue weighted by Crippen LogP contribution is 2.61. The number of alkyl halides is 3. The summed E-state index contributed by atoms with van der Waals surface area (Å²) in [5.74, 6) is -1.32. The molecular formula is C15H20F3O6P. The second-order valence-corrected chi connectivity index (χ2v) is 6.76. The first-order chi connectivity index (χ1) is 11.7. The molecule has 0 aliphatic heterocycles. The zero-order valence-electron chi connectivity index (χ0n) is 14.0. The van der Waals surface area contributed by atoms with Crippen LogP contribution in [-0.4, -0.2) is 32.2 Å². The van der Waals surface area contributed by atoms with Crippen LogP contribution < -0.4 is 4.74 Å². The summed E-state index contributed by atoms with van der Waals surface area (Å²) in [5.41, 5.74) is -1.27. The molecule has 0 unspecified atom stereocenters. The first kappa shape index (κ1) is 21.5. The molecule has 25 heavy (non-hydrogen) atoms. The normalized spacial score (nSPS) is 13.4. The summed E-state index contributed by atoms with van der Waals surface area (Å²) >= 11 is 0. The molecule has 0 aliphatic rings. The van der Waals surface area contributed by atoms with Crippen molar-refractivity contribution in [3.63, 3.8) is 0 Å². The van der Waals surface area contributed by atoms with Gasteiger partial charge in [0.1, 0.15) is 5.75 Å². The summed E-state index contributed by atoms with van der Waals surface area (Å²) in [7, 11) is -3.93. The molecule has 0 aromatic heterocycles. The van der Waals surface area contributed by atoms with Gasteiger partial charge in [-0.05, 0) is 38.5 Å². The van der Waals surface area contributed by atoms with Gasteiger partial charge in [0, 0.05) is 0 Å². The summed E-state index contributed by atoms with van der Waals surface area (Å²) in [6.07, 6.45) is -4.84. The molecule has 142 valence electrons. The van der Waals surface area contributed by atoms with Crippen molar-refractivity contribution in [2.75, 3.05) is 19.8 Å². The second-order valence-electron chi connectivity index (χ2n) is 4.65. The number of carbonyl (C=O) groups excluding carboxylic acids is 1. The van der Waals surface area contributed by atoms with Crippen LogP contribution >= 0.6 is 7.60 Å². The Morgan fingerprint density at radius 1 is 1.04 bits per heavy atom. The number of esters is 1. The summed E-state index contributed by atoms with van der Waals surface area (Å²) in [5, 5.41) is 0. The number of benzene rings is 1. The summed E-state index contributed by atoms with van der Waals surface area (Å²) in [6, 6.07) is 4.40. The Bertz CT molecular complexity index is 592. The lowest BCUT2D eigenvalue weighted by atomic mass is 10.1. The van der Waals surface area contributed by atoms with Crippen LogP contribution in [0.1, 0.15) is 32.0 Å². The quantitative estimate of drug-likeness (QED) is 0.463. The van der Waals surface area contributed by atoms with Crippen LogP contribution in [0.4, 0.5) is 13.2 Å². The standard InChI is InChI=1S/C15H20F3O6P/c1-4-21-14(19)13(25(20,22-5-2)23-6-3)11-7-9-12(10-8-11)24-15(16,17)18/h7-10,13H,4-6H2,1-3H3/t13-/m1/s1. The Morgan fingerprint density at radius 2 is 1.56 bits per heavy atom. The van der Waals surface area contributed by atoms with Crippen molar-refractivity contribution in [3.8, 4) is 5.75 Å². The Balaban J connectivity index is 3.23. The van der Waals surface area contributed by atoms with Gasteiger partial charge in [0.2, 0.25) is 0 Å². The predicted octanol–water partition coefficient (Wildman–Crippen LogP) is 4.46. The third-order valence-corrected chi connectivity index (χ3v) is 5.25. The number of hydrogen-bond acceptors (Lipinski definition) is 6. The van der Waals surface area contributed by atoms with Crippen molar-refractivity contribution >= 4 is 13.6 Å². The molecule has 1 rings (SSSR count). The maximum absolute atomic E-state index is 13.0. The third kappa shape index (κ3) is 6.34. The van der Waals surface area contributed by atoms with Gasteiger partial charge in [-0.3, -0.25) is 9.36 Å². The van der Waals surface area contributed by atoms with Crippen molar-refractivity contribution in [3.05, 3.63) is 29.8 Å². The Labute approximate surface area is 143 Å². The van der Waals surface area contributed by atoms with E-state index in [0.717, 1.165) is 12.1 Å². The fraction of sp³-hybridized carbons (Fsp3) is 0.533. The van der Waals surface area contributed by atoms with Gasteiger partial charge in [-0.2, -0.15) is 0 Å². The molecule has 6 nitrogen and oxygen atoms in total. The van der Waals surface area contributed by atoms with E-state index in [-0.39, 0.29) is 25.4 Å². The minimum Gasteiger partial charge on any atom is -0.465 e. The topological polar surface area (TPSA) is 71.1 Å². The Kier molecular flexibility index (Phi) is 7.92. The zero-order valence-corrected chi connectivity index (χ0v) is 14.9. The fourth-order valence-corrected chi connectivity index (χ4v) is 4.03. The van der Waals surface area contributed by atoms with Crippen LogP contribution in [0.2, 0.25) is 0 Å². The van der Waals surface area contributed by atoms with E-state index >= 15 is 0 Å². The molecular weight excluding hydrogens is 364 g/mol. The average molecular weight is 384 g/mol. The first-order valence-electron chi connectivity index (χ1n) is 7.58. The van der Waals surface area contributed by atoms with E-state index in [0.29, 0.717) is 0 Å². The molecule has 0 aliphatic carbocycles. The highest BCUT2D eigenvalue weighted by atomic mass is 31.2.